The number of ether oxygens (including phenoxy) is 1. The summed E-state index contributed by atoms with van der Waals surface area (Å²) < 4.78 is 31.5. The average Bonchev–Trinajstić information content (AvgIpc) is 2.43. The van der Waals surface area contributed by atoms with E-state index in [-0.39, 0.29) is 16.7 Å². The molecule has 1 aliphatic rings. The lowest BCUT2D eigenvalue weighted by molar-refractivity contribution is 0.115. The van der Waals surface area contributed by atoms with Crippen molar-refractivity contribution in [3.63, 3.8) is 0 Å². The number of nitrogens with two attached hydrogens (primary N) is 1. The summed E-state index contributed by atoms with van der Waals surface area (Å²) in [4.78, 5) is 2.34. The van der Waals surface area contributed by atoms with Crippen LogP contribution in [0.25, 0.3) is 0 Å². The summed E-state index contributed by atoms with van der Waals surface area (Å²) in [7, 11) is 1.49. The molecule has 2 N–H and O–H groups in total. The highest BCUT2D eigenvalue weighted by Gasteiger charge is 2.24. The van der Waals surface area contributed by atoms with E-state index in [2.05, 4.69) is 11.9 Å². The number of hydrogen-bond acceptors (Lipinski definition) is 5. The zero-order valence-corrected chi connectivity index (χ0v) is 13.6. The topological polar surface area (TPSA) is 75.9 Å². The van der Waals surface area contributed by atoms with E-state index in [1.165, 1.54) is 20.2 Å². The van der Waals surface area contributed by atoms with Crippen molar-refractivity contribution in [2.75, 3.05) is 40.0 Å². The summed E-state index contributed by atoms with van der Waals surface area (Å²) in [5.41, 5.74) is 6.20. The van der Waals surface area contributed by atoms with Crippen LogP contribution in [-0.4, -0.2) is 58.0 Å². The van der Waals surface area contributed by atoms with E-state index in [1.807, 2.05) is 0 Å². The van der Waals surface area contributed by atoms with Gasteiger partial charge in [-0.15, -0.1) is 0 Å². The zero-order valence-electron chi connectivity index (χ0n) is 12.7. The van der Waals surface area contributed by atoms with E-state index in [0.717, 1.165) is 30.2 Å². The fourth-order valence-electron chi connectivity index (χ4n) is 2.33. The molecule has 1 heterocycles. The Kier molecular flexibility index (Phi) is 4.75. The van der Waals surface area contributed by atoms with E-state index >= 15 is 0 Å². The van der Waals surface area contributed by atoms with Crippen LogP contribution in [-0.2, 0) is 10.0 Å². The SMILES string of the molecule is CN1CCC(Oc2cccc(S(=O)(=O)N(C)C)c2N)CC1. The number of anilines is 1. The van der Waals surface area contributed by atoms with E-state index in [0.29, 0.717) is 5.75 Å². The Hall–Kier alpha value is -1.31. The maximum Gasteiger partial charge on any atom is 0.244 e. The molecular formula is C14H23N3O3S. The van der Waals surface area contributed by atoms with Gasteiger partial charge in [-0.05, 0) is 32.0 Å². The second-order valence-electron chi connectivity index (χ2n) is 5.58. The first-order valence-corrected chi connectivity index (χ1v) is 8.42. The number of sulfonamides is 1. The normalized spacial score (nSPS) is 18.1. The largest absolute Gasteiger partial charge is 0.488 e. The first-order chi connectivity index (χ1) is 9.82. The minimum absolute atomic E-state index is 0.0841. The van der Waals surface area contributed by atoms with Gasteiger partial charge < -0.3 is 15.4 Å². The van der Waals surface area contributed by atoms with Crippen LogP contribution in [0.3, 0.4) is 0 Å². The molecule has 1 aliphatic heterocycles. The molecule has 0 saturated carbocycles. The first-order valence-electron chi connectivity index (χ1n) is 6.98. The highest BCUT2D eigenvalue weighted by molar-refractivity contribution is 7.89. The molecule has 1 aromatic carbocycles. The summed E-state index contributed by atoms with van der Waals surface area (Å²) >= 11 is 0. The van der Waals surface area contributed by atoms with E-state index in [4.69, 9.17) is 10.5 Å². The molecule has 1 saturated heterocycles. The summed E-state index contributed by atoms with van der Waals surface area (Å²) in [6.07, 6.45) is 1.92. The van der Waals surface area contributed by atoms with Crippen LogP contribution in [0.15, 0.2) is 23.1 Å². The molecule has 21 heavy (non-hydrogen) atoms. The van der Waals surface area contributed by atoms with E-state index < -0.39 is 10.0 Å². The monoisotopic (exact) mass is 313 g/mol. The second kappa shape index (κ2) is 6.21. The van der Waals surface area contributed by atoms with Crippen molar-refractivity contribution in [1.29, 1.82) is 0 Å². The number of benzene rings is 1. The third kappa shape index (κ3) is 3.48. The standard InChI is InChI=1S/C14H23N3O3S/c1-16(2)21(18,19)13-6-4-5-12(14(13)15)20-11-7-9-17(3)10-8-11/h4-6,11H,7-10,15H2,1-3H3. The van der Waals surface area contributed by atoms with E-state index in [1.54, 1.807) is 12.1 Å². The van der Waals surface area contributed by atoms with Gasteiger partial charge in [0.15, 0.2) is 0 Å². The van der Waals surface area contributed by atoms with Crippen LogP contribution in [0.2, 0.25) is 0 Å². The van der Waals surface area contributed by atoms with Crippen LogP contribution in [0.5, 0.6) is 5.75 Å². The molecule has 0 atom stereocenters. The molecule has 1 aromatic rings. The molecule has 2 rings (SSSR count). The van der Waals surface area contributed by atoms with Crippen molar-refractivity contribution in [2.45, 2.75) is 23.8 Å². The lowest BCUT2D eigenvalue weighted by Crippen LogP contribution is -2.35. The maximum absolute atomic E-state index is 12.2. The number of rotatable bonds is 4. The Balaban J connectivity index is 2.22. The van der Waals surface area contributed by atoms with Gasteiger partial charge in [0.05, 0.1) is 5.69 Å². The number of likely N-dealkylation sites (tertiary alicyclic amines) is 1. The van der Waals surface area contributed by atoms with Gasteiger partial charge in [-0.1, -0.05) is 6.07 Å². The molecule has 0 spiro atoms. The molecule has 0 aliphatic carbocycles. The summed E-state index contributed by atoms with van der Waals surface area (Å²) in [5, 5.41) is 0. The lowest BCUT2D eigenvalue weighted by Gasteiger charge is -2.29. The van der Waals surface area contributed by atoms with Crippen molar-refractivity contribution in [3.8, 4) is 5.75 Å². The Morgan fingerprint density at radius 3 is 2.48 bits per heavy atom. The van der Waals surface area contributed by atoms with Gasteiger partial charge in [-0.25, -0.2) is 12.7 Å². The highest BCUT2D eigenvalue weighted by atomic mass is 32.2. The van der Waals surface area contributed by atoms with Gasteiger partial charge in [-0.2, -0.15) is 0 Å². The Labute approximate surface area is 126 Å². The van der Waals surface area contributed by atoms with Crippen LogP contribution in [0, 0.1) is 0 Å². The third-order valence-corrected chi connectivity index (χ3v) is 5.62. The fourth-order valence-corrected chi connectivity index (χ4v) is 3.35. The Morgan fingerprint density at radius 1 is 1.29 bits per heavy atom. The van der Waals surface area contributed by atoms with Crippen LogP contribution >= 0.6 is 0 Å². The van der Waals surface area contributed by atoms with Gasteiger partial charge >= 0.3 is 0 Å². The zero-order chi connectivity index (χ0) is 15.6. The molecule has 1 fully saturated rings. The smallest absolute Gasteiger partial charge is 0.244 e. The number of nitrogen functional groups attached to an aromatic ring is 1. The minimum Gasteiger partial charge on any atom is -0.488 e. The van der Waals surface area contributed by atoms with Gasteiger partial charge in [0.1, 0.15) is 16.7 Å². The van der Waals surface area contributed by atoms with Crippen molar-refractivity contribution in [1.82, 2.24) is 9.21 Å². The molecule has 0 bridgehead atoms. The summed E-state index contributed by atoms with van der Waals surface area (Å²) in [6, 6.07) is 4.89. The van der Waals surface area contributed by atoms with Crippen LogP contribution in [0.4, 0.5) is 5.69 Å². The number of hydrogen-bond donors (Lipinski definition) is 1. The van der Waals surface area contributed by atoms with E-state index in [9.17, 15) is 8.42 Å². The predicted octanol–water partition coefficient (Wildman–Crippen LogP) is 0.992. The van der Waals surface area contributed by atoms with Crippen molar-refractivity contribution >= 4 is 15.7 Å². The van der Waals surface area contributed by atoms with Crippen molar-refractivity contribution in [3.05, 3.63) is 18.2 Å². The molecule has 7 heteroatoms. The molecule has 118 valence electrons. The molecule has 0 aromatic heterocycles. The quantitative estimate of drug-likeness (QED) is 0.839. The molecular weight excluding hydrogens is 290 g/mol. The molecule has 6 nitrogen and oxygen atoms in total. The Bertz CT molecular complexity index is 593. The third-order valence-electron chi connectivity index (χ3n) is 3.74. The fraction of sp³-hybridized carbons (Fsp3) is 0.571. The number of piperidine rings is 1. The van der Waals surface area contributed by atoms with Gasteiger partial charge in [-0.3, -0.25) is 0 Å². The predicted molar refractivity (Wildman–Crippen MR) is 82.9 cm³/mol. The first kappa shape index (κ1) is 16.1. The van der Waals surface area contributed by atoms with Crippen LogP contribution in [0.1, 0.15) is 12.8 Å². The summed E-state index contributed by atoms with van der Waals surface area (Å²) in [5.74, 6) is 0.451. The minimum atomic E-state index is -3.56. The second-order valence-corrected chi connectivity index (χ2v) is 7.70. The highest BCUT2D eigenvalue weighted by Crippen LogP contribution is 2.31. The average molecular weight is 313 g/mol. The summed E-state index contributed by atoms with van der Waals surface area (Å²) in [6.45, 7) is 1.94. The van der Waals surface area contributed by atoms with Crippen LogP contribution < -0.4 is 10.5 Å². The molecule has 0 unspecified atom stereocenters. The van der Waals surface area contributed by atoms with Crippen molar-refractivity contribution in [2.24, 2.45) is 0 Å². The van der Waals surface area contributed by atoms with Crippen molar-refractivity contribution < 1.29 is 13.2 Å². The number of para-hydroxylation sites is 1. The Morgan fingerprint density at radius 2 is 1.90 bits per heavy atom. The molecule has 0 amide bonds. The van der Waals surface area contributed by atoms with Gasteiger partial charge in [0.2, 0.25) is 10.0 Å². The number of nitrogens with zero attached hydrogens (tertiary/aromatic N) is 2. The van der Waals surface area contributed by atoms with Gasteiger partial charge in [0, 0.05) is 27.2 Å². The van der Waals surface area contributed by atoms with Gasteiger partial charge in [0.25, 0.3) is 0 Å². The lowest BCUT2D eigenvalue weighted by atomic mass is 10.1. The maximum atomic E-state index is 12.2. The molecule has 0 radical (unpaired) electrons.